The Morgan fingerprint density at radius 1 is 1.25 bits per heavy atom. The van der Waals surface area contributed by atoms with Crippen LogP contribution in [0.4, 0.5) is 0 Å². The van der Waals surface area contributed by atoms with Gasteiger partial charge in [-0.3, -0.25) is 4.79 Å². The Balaban J connectivity index is 1.80. The lowest BCUT2D eigenvalue weighted by Crippen LogP contribution is -2.03. The molecule has 2 aromatic rings. The molecule has 20 heavy (non-hydrogen) atoms. The van der Waals surface area contributed by atoms with Gasteiger partial charge in [-0.2, -0.15) is 0 Å². The molecule has 0 saturated carbocycles. The van der Waals surface area contributed by atoms with Gasteiger partial charge >= 0.3 is 5.97 Å². The highest BCUT2D eigenvalue weighted by atomic mass is 79.9. The molecule has 108 valence electrons. The number of halogens is 1. The lowest BCUT2D eigenvalue weighted by molar-refractivity contribution is -0.143. The second-order valence-electron chi connectivity index (χ2n) is 4.80. The first-order valence-corrected chi connectivity index (χ1v) is 7.90. The van der Waals surface area contributed by atoms with Crippen molar-refractivity contribution in [2.45, 2.75) is 39.2 Å². The minimum Gasteiger partial charge on any atom is -0.466 e. The van der Waals surface area contributed by atoms with Crippen molar-refractivity contribution in [3.05, 3.63) is 34.9 Å². The van der Waals surface area contributed by atoms with Gasteiger partial charge in [0.05, 0.1) is 6.61 Å². The standard InChI is InChI=1S/C16H20BrNO2/c1-2-20-16(19)10-4-3-7-11-18-12-14(17)13-8-5-6-9-15(13)18/h5-6,8-9,12H,2-4,7,10-11H2,1H3. The maximum Gasteiger partial charge on any atom is 0.305 e. The predicted octanol–water partition coefficient (Wildman–Crippen LogP) is 4.53. The van der Waals surface area contributed by atoms with Gasteiger partial charge in [-0.25, -0.2) is 0 Å². The van der Waals surface area contributed by atoms with E-state index in [1.165, 1.54) is 10.9 Å². The number of hydrogen-bond donors (Lipinski definition) is 0. The van der Waals surface area contributed by atoms with Crippen LogP contribution in [0.25, 0.3) is 10.9 Å². The fourth-order valence-corrected chi connectivity index (χ4v) is 2.93. The molecule has 0 aliphatic rings. The number of unbranched alkanes of at least 4 members (excludes halogenated alkanes) is 2. The van der Waals surface area contributed by atoms with Crippen molar-refractivity contribution in [3.8, 4) is 0 Å². The highest BCUT2D eigenvalue weighted by Gasteiger charge is 2.05. The van der Waals surface area contributed by atoms with Crippen molar-refractivity contribution in [2.75, 3.05) is 6.61 Å². The Labute approximate surface area is 128 Å². The van der Waals surface area contributed by atoms with E-state index >= 15 is 0 Å². The van der Waals surface area contributed by atoms with E-state index in [9.17, 15) is 4.79 Å². The maximum atomic E-state index is 11.2. The molecule has 0 radical (unpaired) electrons. The van der Waals surface area contributed by atoms with Crippen LogP contribution < -0.4 is 0 Å². The minimum absolute atomic E-state index is 0.0818. The summed E-state index contributed by atoms with van der Waals surface area (Å²) in [5.41, 5.74) is 1.25. The van der Waals surface area contributed by atoms with E-state index in [2.05, 4.69) is 51.0 Å². The van der Waals surface area contributed by atoms with Crippen LogP contribution in [0.15, 0.2) is 34.9 Å². The Hall–Kier alpha value is -1.29. The topological polar surface area (TPSA) is 31.2 Å². The van der Waals surface area contributed by atoms with Gasteiger partial charge < -0.3 is 9.30 Å². The van der Waals surface area contributed by atoms with Gasteiger partial charge in [0.25, 0.3) is 0 Å². The number of aromatic nitrogens is 1. The fourth-order valence-electron chi connectivity index (χ4n) is 2.35. The average Bonchev–Trinajstić information content (AvgIpc) is 2.76. The van der Waals surface area contributed by atoms with Crippen molar-refractivity contribution in [1.29, 1.82) is 0 Å². The molecule has 0 atom stereocenters. The van der Waals surface area contributed by atoms with Gasteiger partial charge in [-0.15, -0.1) is 0 Å². The lowest BCUT2D eigenvalue weighted by atomic mass is 10.2. The number of para-hydroxylation sites is 1. The zero-order valence-corrected chi connectivity index (χ0v) is 13.4. The predicted molar refractivity (Wildman–Crippen MR) is 84.7 cm³/mol. The molecule has 3 nitrogen and oxygen atoms in total. The molecule has 1 aromatic heterocycles. The van der Waals surface area contributed by atoms with Crippen molar-refractivity contribution in [1.82, 2.24) is 4.57 Å². The number of esters is 1. The van der Waals surface area contributed by atoms with E-state index in [4.69, 9.17) is 4.74 Å². The summed E-state index contributed by atoms with van der Waals surface area (Å²) >= 11 is 3.59. The summed E-state index contributed by atoms with van der Waals surface area (Å²) in [5, 5.41) is 1.25. The summed E-state index contributed by atoms with van der Waals surface area (Å²) in [5.74, 6) is -0.0818. The highest BCUT2D eigenvalue weighted by molar-refractivity contribution is 9.10. The van der Waals surface area contributed by atoms with Crippen LogP contribution in [0, 0.1) is 0 Å². The smallest absolute Gasteiger partial charge is 0.305 e. The summed E-state index contributed by atoms with van der Waals surface area (Å²) in [6, 6.07) is 8.37. The van der Waals surface area contributed by atoms with Crippen molar-refractivity contribution in [2.24, 2.45) is 0 Å². The Bertz CT molecular complexity index is 577. The highest BCUT2D eigenvalue weighted by Crippen LogP contribution is 2.26. The number of carbonyl (C=O) groups is 1. The molecular weight excluding hydrogens is 318 g/mol. The number of aryl methyl sites for hydroxylation is 1. The maximum absolute atomic E-state index is 11.2. The molecule has 0 saturated heterocycles. The molecule has 1 aromatic carbocycles. The molecule has 2 rings (SSSR count). The van der Waals surface area contributed by atoms with Crippen molar-refractivity contribution < 1.29 is 9.53 Å². The van der Waals surface area contributed by atoms with Gasteiger partial charge in [0.2, 0.25) is 0 Å². The summed E-state index contributed by atoms with van der Waals surface area (Å²) in [4.78, 5) is 11.2. The number of nitrogens with zero attached hydrogens (tertiary/aromatic N) is 1. The number of fused-ring (bicyclic) bond motifs is 1. The first-order valence-electron chi connectivity index (χ1n) is 7.11. The molecule has 4 heteroatoms. The molecule has 0 fully saturated rings. The van der Waals surface area contributed by atoms with Crippen LogP contribution in [0.5, 0.6) is 0 Å². The van der Waals surface area contributed by atoms with Crippen LogP contribution in [-0.4, -0.2) is 17.1 Å². The third kappa shape index (κ3) is 3.85. The first kappa shape index (κ1) is 15.1. The van der Waals surface area contributed by atoms with E-state index in [-0.39, 0.29) is 5.97 Å². The molecule has 0 aliphatic carbocycles. The Morgan fingerprint density at radius 3 is 2.85 bits per heavy atom. The summed E-state index contributed by atoms with van der Waals surface area (Å²) in [7, 11) is 0. The molecule has 0 spiro atoms. The fraction of sp³-hybridized carbons (Fsp3) is 0.438. The monoisotopic (exact) mass is 337 g/mol. The van der Waals surface area contributed by atoms with Crippen LogP contribution >= 0.6 is 15.9 Å². The van der Waals surface area contributed by atoms with Crippen LogP contribution in [0.3, 0.4) is 0 Å². The quantitative estimate of drug-likeness (QED) is 0.549. The summed E-state index contributed by atoms with van der Waals surface area (Å²) in [6.45, 7) is 3.30. The third-order valence-corrected chi connectivity index (χ3v) is 3.96. The Morgan fingerprint density at radius 2 is 2.05 bits per heavy atom. The van der Waals surface area contributed by atoms with Crippen LogP contribution in [0.1, 0.15) is 32.6 Å². The normalized spacial score (nSPS) is 10.9. The molecular formula is C16H20BrNO2. The van der Waals surface area contributed by atoms with Gasteiger partial charge in [0.15, 0.2) is 0 Å². The van der Waals surface area contributed by atoms with Crippen molar-refractivity contribution >= 4 is 32.8 Å². The van der Waals surface area contributed by atoms with Crippen LogP contribution in [0.2, 0.25) is 0 Å². The molecule has 0 aliphatic heterocycles. The van der Waals surface area contributed by atoms with Gasteiger partial charge in [-0.05, 0) is 41.8 Å². The molecule has 1 heterocycles. The molecule has 0 amide bonds. The van der Waals surface area contributed by atoms with E-state index in [0.717, 1.165) is 30.3 Å². The van der Waals surface area contributed by atoms with Crippen molar-refractivity contribution in [3.63, 3.8) is 0 Å². The average molecular weight is 338 g/mol. The number of hydrogen-bond acceptors (Lipinski definition) is 2. The summed E-state index contributed by atoms with van der Waals surface area (Å²) in [6.07, 6.45) is 5.69. The number of rotatable bonds is 7. The lowest BCUT2D eigenvalue weighted by Gasteiger charge is -2.05. The third-order valence-electron chi connectivity index (χ3n) is 3.33. The van der Waals surface area contributed by atoms with Gasteiger partial charge in [0, 0.05) is 34.5 Å². The van der Waals surface area contributed by atoms with Gasteiger partial charge in [0.1, 0.15) is 0 Å². The van der Waals surface area contributed by atoms with Gasteiger partial charge in [-0.1, -0.05) is 24.6 Å². The number of ether oxygens (including phenoxy) is 1. The van der Waals surface area contributed by atoms with E-state index in [0.29, 0.717) is 13.0 Å². The summed E-state index contributed by atoms with van der Waals surface area (Å²) < 4.78 is 8.32. The number of benzene rings is 1. The van der Waals surface area contributed by atoms with E-state index < -0.39 is 0 Å². The SMILES string of the molecule is CCOC(=O)CCCCCn1cc(Br)c2ccccc21. The largest absolute Gasteiger partial charge is 0.466 e. The minimum atomic E-state index is -0.0818. The molecule has 0 bridgehead atoms. The van der Waals surface area contributed by atoms with E-state index in [1.807, 2.05) is 6.92 Å². The molecule has 0 N–H and O–H groups in total. The second kappa shape index (κ2) is 7.48. The zero-order chi connectivity index (χ0) is 14.4. The van der Waals surface area contributed by atoms with E-state index in [1.54, 1.807) is 0 Å². The first-order chi connectivity index (χ1) is 9.72. The Kier molecular flexibility index (Phi) is 5.65. The zero-order valence-electron chi connectivity index (χ0n) is 11.8. The van der Waals surface area contributed by atoms with Crippen LogP contribution in [-0.2, 0) is 16.1 Å². The second-order valence-corrected chi connectivity index (χ2v) is 5.66. The molecule has 0 unspecified atom stereocenters. The number of carbonyl (C=O) groups excluding carboxylic acids is 1.